The van der Waals surface area contributed by atoms with Crippen LogP contribution in [0, 0.1) is 0 Å². The highest BCUT2D eigenvalue weighted by Gasteiger charge is 2.04. The van der Waals surface area contributed by atoms with Gasteiger partial charge in [0.05, 0.1) is 5.52 Å². The minimum absolute atomic E-state index is 0.484. The Kier molecular flexibility index (Phi) is 3.79. The topological polar surface area (TPSA) is 37.8 Å². The van der Waals surface area contributed by atoms with E-state index in [0.29, 0.717) is 11.1 Å². The third kappa shape index (κ3) is 2.89. The Morgan fingerprint density at radius 2 is 1.65 bits per heavy atom. The number of halogens is 1. The molecule has 0 atom stereocenters. The van der Waals surface area contributed by atoms with Crippen LogP contribution in [-0.4, -0.2) is 16.5 Å². The molecule has 0 saturated carbocycles. The minimum Gasteiger partial charge on any atom is -0.354 e. The quantitative estimate of drug-likeness (QED) is 0.737. The fourth-order valence-corrected chi connectivity index (χ4v) is 2.32. The average molecular weight is 284 g/mol. The van der Waals surface area contributed by atoms with Crippen molar-refractivity contribution in [3.8, 4) is 0 Å². The van der Waals surface area contributed by atoms with Crippen molar-refractivity contribution >= 4 is 28.5 Å². The van der Waals surface area contributed by atoms with Crippen LogP contribution in [0.2, 0.25) is 5.15 Å². The zero-order valence-electron chi connectivity index (χ0n) is 10.9. The molecular formula is C16H14ClN3. The van der Waals surface area contributed by atoms with Crippen LogP contribution in [0.4, 0.5) is 5.95 Å². The number of aromatic nitrogens is 2. The average Bonchev–Trinajstić information content (AvgIpc) is 2.48. The van der Waals surface area contributed by atoms with Gasteiger partial charge in [0.2, 0.25) is 5.95 Å². The fraction of sp³-hybridized carbons (Fsp3) is 0.125. The van der Waals surface area contributed by atoms with Crippen LogP contribution in [-0.2, 0) is 6.42 Å². The summed E-state index contributed by atoms with van der Waals surface area (Å²) in [5, 5.41) is 4.58. The summed E-state index contributed by atoms with van der Waals surface area (Å²) in [6.45, 7) is 0.776. The summed E-state index contributed by atoms with van der Waals surface area (Å²) in [4.78, 5) is 8.74. The van der Waals surface area contributed by atoms with Crippen LogP contribution in [0.15, 0.2) is 54.6 Å². The summed E-state index contributed by atoms with van der Waals surface area (Å²) < 4.78 is 0. The van der Waals surface area contributed by atoms with Gasteiger partial charge in [-0.05, 0) is 24.1 Å². The van der Waals surface area contributed by atoms with Crippen LogP contribution in [0.25, 0.3) is 10.9 Å². The number of rotatable bonds is 4. The highest BCUT2D eigenvalue weighted by Crippen LogP contribution is 2.21. The summed E-state index contributed by atoms with van der Waals surface area (Å²) in [6, 6.07) is 18.0. The molecular weight excluding hydrogens is 270 g/mol. The Labute approximate surface area is 122 Å². The van der Waals surface area contributed by atoms with E-state index in [1.165, 1.54) is 5.56 Å². The molecule has 0 spiro atoms. The predicted molar refractivity (Wildman–Crippen MR) is 83.2 cm³/mol. The molecule has 0 aliphatic heterocycles. The molecule has 1 N–H and O–H groups in total. The molecule has 1 heterocycles. The minimum atomic E-state index is 0.484. The zero-order chi connectivity index (χ0) is 13.8. The first kappa shape index (κ1) is 12.9. The van der Waals surface area contributed by atoms with Gasteiger partial charge in [0.15, 0.2) is 0 Å². The van der Waals surface area contributed by atoms with Gasteiger partial charge in [-0.2, -0.15) is 0 Å². The Balaban J connectivity index is 1.72. The maximum atomic E-state index is 6.17. The van der Waals surface area contributed by atoms with Gasteiger partial charge in [-0.1, -0.05) is 54.1 Å². The number of para-hydroxylation sites is 1. The monoisotopic (exact) mass is 283 g/mol. The molecule has 4 heteroatoms. The first-order chi connectivity index (χ1) is 9.83. The Bertz CT molecular complexity index is 713. The molecule has 3 nitrogen and oxygen atoms in total. The van der Waals surface area contributed by atoms with Crippen LogP contribution in [0.5, 0.6) is 0 Å². The molecule has 3 rings (SSSR count). The van der Waals surface area contributed by atoms with Gasteiger partial charge in [-0.25, -0.2) is 9.97 Å². The molecule has 0 unspecified atom stereocenters. The van der Waals surface area contributed by atoms with Gasteiger partial charge in [-0.15, -0.1) is 0 Å². The molecule has 0 amide bonds. The number of hydrogen-bond donors (Lipinski definition) is 1. The maximum absolute atomic E-state index is 6.17. The summed E-state index contributed by atoms with van der Waals surface area (Å²) in [5.41, 5.74) is 2.14. The smallest absolute Gasteiger partial charge is 0.224 e. The third-order valence-corrected chi connectivity index (χ3v) is 3.38. The van der Waals surface area contributed by atoms with E-state index >= 15 is 0 Å². The van der Waals surface area contributed by atoms with Crippen molar-refractivity contribution in [3.05, 3.63) is 65.3 Å². The van der Waals surface area contributed by atoms with Crippen molar-refractivity contribution in [3.63, 3.8) is 0 Å². The van der Waals surface area contributed by atoms with Crippen LogP contribution in [0.3, 0.4) is 0 Å². The van der Waals surface area contributed by atoms with Gasteiger partial charge in [-0.3, -0.25) is 0 Å². The van der Waals surface area contributed by atoms with E-state index in [1.807, 2.05) is 42.5 Å². The van der Waals surface area contributed by atoms with Crippen LogP contribution >= 0.6 is 11.6 Å². The Morgan fingerprint density at radius 3 is 2.50 bits per heavy atom. The molecule has 0 fully saturated rings. The molecule has 100 valence electrons. The SMILES string of the molecule is Clc1nc(NCCc2ccccc2)nc2ccccc12. The molecule has 3 aromatic rings. The van der Waals surface area contributed by atoms with Crippen molar-refractivity contribution in [1.29, 1.82) is 0 Å². The lowest BCUT2D eigenvalue weighted by Crippen LogP contribution is -2.08. The van der Waals surface area contributed by atoms with E-state index in [4.69, 9.17) is 11.6 Å². The van der Waals surface area contributed by atoms with E-state index in [-0.39, 0.29) is 0 Å². The van der Waals surface area contributed by atoms with Gasteiger partial charge in [0, 0.05) is 11.9 Å². The van der Waals surface area contributed by atoms with Gasteiger partial charge < -0.3 is 5.32 Å². The van der Waals surface area contributed by atoms with Crippen LogP contribution in [0.1, 0.15) is 5.56 Å². The second-order valence-corrected chi connectivity index (χ2v) is 4.88. The number of nitrogens with zero attached hydrogens (tertiary/aromatic N) is 2. The second kappa shape index (κ2) is 5.88. The van der Waals surface area contributed by atoms with E-state index in [9.17, 15) is 0 Å². The molecule has 0 aliphatic carbocycles. The van der Waals surface area contributed by atoms with E-state index in [1.54, 1.807) is 0 Å². The largest absolute Gasteiger partial charge is 0.354 e. The summed E-state index contributed by atoms with van der Waals surface area (Å²) in [6.07, 6.45) is 0.925. The predicted octanol–water partition coefficient (Wildman–Crippen LogP) is 3.94. The van der Waals surface area contributed by atoms with Gasteiger partial charge in [0.25, 0.3) is 0 Å². The second-order valence-electron chi connectivity index (χ2n) is 4.52. The molecule has 20 heavy (non-hydrogen) atoms. The summed E-state index contributed by atoms with van der Waals surface area (Å²) in [7, 11) is 0. The first-order valence-electron chi connectivity index (χ1n) is 6.53. The van der Waals surface area contributed by atoms with Crippen molar-refractivity contribution in [2.45, 2.75) is 6.42 Å². The van der Waals surface area contributed by atoms with Crippen molar-refractivity contribution in [2.75, 3.05) is 11.9 Å². The normalized spacial score (nSPS) is 10.7. The molecule has 0 aliphatic rings. The maximum Gasteiger partial charge on any atom is 0.224 e. The van der Waals surface area contributed by atoms with Crippen molar-refractivity contribution in [2.24, 2.45) is 0 Å². The van der Waals surface area contributed by atoms with Gasteiger partial charge >= 0.3 is 0 Å². The number of fused-ring (bicyclic) bond motifs is 1. The third-order valence-electron chi connectivity index (χ3n) is 3.10. The lowest BCUT2D eigenvalue weighted by atomic mass is 10.1. The van der Waals surface area contributed by atoms with Crippen molar-refractivity contribution in [1.82, 2.24) is 9.97 Å². The Hall–Kier alpha value is -2.13. The Morgan fingerprint density at radius 1 is 0.900 bits per heavy atom. The number of anilines is 1. The molecule has 0 bridgehead atoms. The number of benzene rings is 2. The molecule has 0 radical (unpaired) electrons. The van der Waals surface area contributed by atoms with E-state index in [2.05, 4.69) is 27.4 Å². The van der Waals surface area contributed by atoms with Crippen LogP contribution < -0.4 is 5.32 Å². The lowest BCUT2D eigenvalue weighted by molar-refractivity contribution is 0.991. The zero-order valence-corrected chi connectivity index (χ0v) is 11.6. The van der Waals surface area contributed by atoms with Gasteiger partial charge in [0.1, 0.15) is 5.15 Å². The van der Waals surface area contributed by atoms with Crippen molar-refractivity contribution < 1.29 is 0 Å². The molecule has 2 aromatic carbocycles. The highest BCUT2D eigenvalue weighted by atomic mass is 35.5. The van der Waals surface area contributed by atoms with E-state index in [0.717, 1.165) is 23.9 Å². The summed E-state index contributed by atoms with van der Waals surface area (Å²) >= 11 is 6.17. The standard InChI is InChI=1S/C16H14ClN3/c17-15-13-8-4-5-9-14(13)19-16(20-15)18-11-10-12-6-2-1-3-7-12/h1-9H,10-11H2,(H,18,19,20). The van der Waals surface area contributed by atoms with E-state index < -0.39 is 0 Å². The number of nitrogens with one attached hydrogen (secondary N) is 1. The fourth-order valence-electron chi connectivity index (χ4n) is 2.08. The summed E-state index contributed by atoms with van der Waals surface area (Å²) in [5.74, 6) is 0.574. The molecule has 1 aromatic heterocycles. The lowest BCUT2D eigenvalue weighted by Gasteiger charge is -2.07. The molecule has 0 saturated heterocycles. The first-order valence-corrected chi connectivity index (χ1v) is 6.91. The highest BCUT2D eigenvalue weighted by molar-refractivity contribution is 6.34. The number of hydrogen-bond acceptors (Lipinski definition) is 3.